The van der Waals surface area contributed by atoms with Gasteiger partial charge in [-0.2, -0.15) is 0 Å². The molecular weight excluding hydrogens is 241 g/mol. The van der Waals surface area contributed by atoms with Crippen molar-refractivity contribution >= 4 is 29.3 Å². The summed E-state index contributed by atoms with van der Waals surface area (Å²) < 4.78 is 0. The molecule has 3 heteroatoms. The molecule has 0 fully saturated rings. The molecule has 0 aromatic heterocycles. The van der Waals surface area contributed by atoms with E-state index in [2.05, 4.69) is 32.2 Å². The van der Waals surface area contributed by atoms with Gasteiger partial charge in [-0.1, -0.05) is 41.8 Å². The highest BCUT2D eigenvalue weighted by Gasteiger charge is 2.02. The lowest BCUT2D eigenvalue weighted by Gasteiger charge is -2.13. The first kappa shape index (κ1) is 13.6. The standard InChI is InChI=1S/C13H17Cl2N/c1-4-16-10(3)9(2)5-11-6-12(14)8-13(15)7-11/h5-8,10,16H,4H2,1-3H3/b9-5+. The zero-order chi connectivity index (χ0) is 12.1. The third-order valence-corrected chi connectivity index (χ3v) is 2.91. The highest BCUT2D eigenvalue weighted by atomic mass is 35.5. The number of halogens is 2. The summed E-state index contributed by atoms with van der Waals surface area (Å²) in [7, 11) is 0. The highest BCUT2D eigenvalue weighted by molar-refractivity contribution is 6.34. The Bertz CT molecular complexity index is 365. The molecule has 16 heavy (non-hydrogen) atoms. The molecule has 0 spiro atoms. The lowest BCUT2D eigenvalue weighted by Crippen LogP contribution is -2.26. The van der Waals surface area contributed by atoms with E-state index in [0.717, 1.165) is 12.1 Å². The summed E-state index contributed by atoms with van der Waals surface area (Å²) in [6.45, 7) is 7.30. The van der Waals surface area contributed by atoms with Crippen LogP contribution in [-0.2, 0) is 0 Å². The number of likely N-dealkylation sites (N-methyl/N-ethyl adjacent to an activating group) is 1. The summed E-state index contributed by atoms with van der Waals surface area (Å²) in [5.41, 5.74) is 2.31. The molecule has 0 heterocycles. The molecule has 0 saturated carbocycles. The Labute approximate surface area is 107 Å². The van der Waals surface area contributed by atoms with E-state index in [1.807, 2.05) is 12.1 Å². The molecule has 0 aliphatic heterocycles. The number of hydrogen-bond acceptors (Lipinski definition) is 1. The van der Waals surface area contributed by atoms with Crippen LogP contribution in [0.25, 0.3) is 6.08 Å². The van der Waals surface area contributed by atoms with Crippen LogP contribution in [0.3, 0.4) is 0 Å². The quantitative estimate of drug-likeness (QED) is 0.844. The van der Waals surface area contributed by atoms with Crippen molar-refractivity contribution in [3.8, 4) is 0 Å². The molecule has 1 aromatic rings. The van der Waals surface area contributed by atoms with Gasteiger partial charge in [0.25, 0.3) is 0 Å². The fraction of sp³-hybridized carbons (Fsp3) is 0.385. The third-order valence-electron chi connectivity index (χ3n) is 2.47. The molecule has 1 nitrogen and oxygen atoms in total. The van der Waals surface area contributed by atoms with E-state index in [1.165, 1.54) is 5.57 Å². The van der Waals surface area contributed by atoms with Crippen molar-refractivity contribution in [1.29, 1.82) is 0 Å². The van der Waals surface area contributed by atoms with Crippen LogP contribution in [0.2, 0.25) is 10.0 Å². The molecule has 0 aliphatic rings. The highest BCUT2D eigenvalue weighted by Crippen LogP contribution is 2.21. The summed E-state index contributed by atoms with van der Waals surface area (Å²) in [4.78, 5) is 0. The maximum atomic E-state index is 5.94. The van der Waals surface area contributed by atoms with Crippen LogP contribution < -0.4 is 5.32 Å². The molecule has 1 unspecified atom stereocenters. The van der Waals surface area contributed by atoms with E-state index in [1.54, 1.807) is 6.07 Å². The number of benzene rings is 1. The van der Waals surface area contributed by atoms with Crippen molar-refractivity contribution in [2.45, 2.75) is 26.8 Å². The number of rotatable bonds is 4. The second-order valence-electron chi connectivity index (χ2n) is 3.87. The molecule has 88 valence electrons. The maximum absolute atomic E-state index is 5.94. The molecular formula is C13H17Cl2N. The molecule has 1 aromatic carbocycles. The van der Waals surface area contributed by atoms with Gasteiger partial charge in [-0.3, -0.25) is 0 Å². The first-order valence-corrected chi connectivity index (χ1v) is 6.16. The predicted octanol–water partition coefficient (Wildman–Crippen LogP) is 4.39. The van der Waals surface area contributed by atoms with Crippen molar-refractivity contribution in [1.82, 2.24) is 5.32 Å². The zero-order valence-corrected chi connectivity index (χ0v) is 11.4. The molecule has 0 bridgehead atoms. The van der Waals surface area contributed by atoms with E-state index >= 15 is 0 Å². The fourth-order valence-electron chi connectivity index (χ4n) is 1.51. The summed E-state index contributed by atoms with van der Waals surface area (Å²) in [5, 5.41) is 4.70. The monoisotopic (exact) mass is 257 g/mol. The Kier molecular flexibility index (Phi) is 5.33. The molecule has 1 N–H and O–H groups in total. The summed E-state index contributed by atoms with van der Waals surface area (Å²) in [6.07, 6.45) is 2.10. The van der Waals surface area contributed by atoms with Crippen molar-refractivity contribution < 1.29 is 0 Å². The van der Waals surface area contributed by atoms with Crippen LogP contribution in [-0.4, -0.2) is 12.6 Å². The minimum atomic E-state index is 0.364. The Morgan fingerprint density at radius 3 is 2.38 bits per heavy atom. The van der Waals surface area contributed by atoms with Crippen molar-refractivity contribution in [2.24, 2.45) is 0 Å². The van der Waals surface area contributed by atoms with Crippen molar-refractivity contribution in [3.05, 3.63) is 39.4 Å². The molecule has 0 aliphatic carbocycles. The Morgan fingerprint density at radius 2 is 1.88 bits per heavy atom. The normalized spacial score (nSPS) is 13.9. The lowest BCUT2D eigenvalue weighted by atomic mass is 10.1. The topological polar surface area (TPSA) is 12.0 Å². The second-order valence-corrected chi connectivity index (χ2v) is 4.74. The van der Waals surface area contributed by atoms with Gasteiger partial charge >= 0.3 is 0 Å². The Hall–Kier alpha value is -0.500. The summed E-state index contributed by atoms with van der Waals surface area (Å²) in [5.74, 6) is 0. The van der Waals surface area contributed by atoms with Gasteiger partial charge in [-0.25, -0.2) is 0 Å². The van der Waals surface area contributed by atoms with Crippen LogP contribution in [0.15, 0.2) is 23.8 Å². The van der Waals surface area contributed by atoms with Crippen LogP contribution in [0.4, 0.5) is 0 Å². The van der Waals surface area contributed by atoms with E-state index in [0.29, 0.717) is 16.1 Å². The molecule has 1 rings (SSSR count). The molecule has 0 saturated heterocycles. The maximum Gasteiger partial charge on any atom is 0.0426 e. The summed E-state index contributed by atoms with van der Waals surface area (Å²) in [6, 6.07) is 5.93. The second kappa shape index (κ2) is 6.29. The SMILES string of the molecule is CCNC(C)/C(C)=C/c1cc(Cl)cc(Cl)c1. The average molecular weight is 258 g/mol. The fourth-order valence-corrected chi connectivity index (χ4v) is 2.06. The van der Waals surface area contributed by atoms with Crippen LogP contribution in [0, 0.1) is 0 Å². The minimum Gasteiger partial charge on any atom is -0.311 e. The first-order valence-electron chi connectivity index (χ1n) is 5.40. The predicted molar refractivity (Wildman–Crippen MR) is 73.3 cm³/mol. The zero-order valence-electron chi connectivity index (χ0n) is 9.85. The number of hydrogen-bond donors (Lipinski definition) is 1. The van der Waals surface area contributed by atoms with Gasteiger partial charge < -0.3 is 5.32 Å². The molecule has 0 amide bonds. The van der Waals surface area contributed by atoms with Gasteiger partial charge in [0, 0.05) is 16.1 Å². The Balaban J connectivity index is 2.88. The van der Waals surface area contributed by atoms with Crippen molar-refractivity contribution in [3.63, 3.8) is 0 Å². The van der Waals surface area contributed by atoms with Gasteiger partial charge in [0.05, 0.1) is 0 Å². The lowest BCUT2D eigenvalue weighted by molar-refractivity contribution is 0.636. The van der Waals surface area contributed by atoms with Gasteiger partial charge in [-0.15, -0.1) is 0 Å². The smallest absolute Gasteiger partial charge is 0.0426 e. The third kappa shape index (κ3) is 4.17. The van der Waals surface area contributed by atoms with E-state index in [-0.39, 0.29) is 0 Å². The minimum absolute atomic E-state index is 0.364. The van der Waals surface area contributed by atoms with Gasteiger partial charge in [0.15, 0.2) is 0 Å². The van der Waals surface area contributed by atoms with Gasteiger partial charge in [0.1, 0.15) is 0 Å². The molecule has 1 atom stereocenters. The van der Waals surface area contributed by atoms with Gasteiger partial charge in [-0.05, 0) is 44.2 Å². The van der Waals surface area contributed by atoms with E-state index < -0.39 is 0 Å². The van der Waals surface area contributed by atoms with E-state index in [4.69, 9.17) is 23.2 Å². The summed E-state index contributed by atoms with van der Waals surface area (Å²) >= 11 is 11.9. The first-order chi connectivity index (χ1) is 7.52. The average Bonchev–Trinajstić information content (AvgIpc) is 2.16. The largest absolute Gasteiger partial charge is 0.311 e. The van der Waals surface area contributed by atoms with E-state index in [9.17, 15) is 0 Å². The number of nitrogens with one attached hydrogen (secondary N) is 1. The van der Waals surface area contributed by atoms with Crippen LogP contribution in [0.1, 0.15) is 26.3 Å². The molecule has 0 radical (unpaired) electrons. The van der Waals surface area contributed by atoms with Gasteiger partial charge in [0.2, 0.25) is 0 Å². The Morgan fingerprint density at radius 1 is 1.31 bits per heavy atom. The van der Waals surface area contributed by atoms with Crippen LogP contribution in [0.5, 0.6) is 0 Å². The van der Waals surface area contributed by atoms with Crippen LogP contribution >= 0.6 is 23.2 Å². The van der Waals surface area contributed by atoms with Crippen molar-refractivity contribution in [2.75, 3.05) is 6.54 Å².